The smallest absolute Gasteiger partial charge is 0.132 e. The van der Waals surface area contributed by atoms with Crippen LogP contribution in [0.2, 0.25) is 5.02 Å². The van der Waals surface area contributed by atoms with Crippen molar-refractivity contribution in [2.45, 2.75) is 20.0 Å². The maximum atomic E-state index is 13.7. The van der Waals surface area contributed by atoms with Crippen molar-refractivity contribution in [2.75, 3.05) is 0 Å². The van der Waals surface area contributed by atoms with Gasteiger partial charge in [-0.25, -0.2) is 8.78 Å². The van der Waals surface area contributed by atoms with Crippen molar-refractivity contribution in [3.8, 4) is 0 Å². The number of halogens is 3. The zero-order chi connectivity index (χ0) is 14.2. The topological polar surface area (TPSA) is 20.2 Å². The summed E-state index contributed by atoms with van der Waals surface area (Å²) in [5, 5.41) is 10.7. The van der Waals surface area contributed by atoms with Crippen LogP contribution in [-0.4, -0.2) is 5.11 Å². The molecule has 0 aliphatic heterocycles. The van der Waals surface area contributed by atoms with E-state index in [-0.39, 0.29) is 11.1 Å². The molecule has 1 N–H and O–H groups in total. The fourth-order valence-corrected chi connectivity index (χ4v) is 2.29. The Morgan fingerprint density at radius 1 is 1.00 bits per heavy atom. The first-order valence-electron chi connectivity index (χ1n) is 5.79. The largest absolute Gasteiger partial charge is 0.384 e. The summed E-state index contributed by atoms with van der Waals surface area (Å²) in [6.07, 6.45) is -1.17. The number of aryl methyl sites for hydroxylation is 2. The molecule has 4 heteroatoms. The lowest BCUT2D eigenvalue weighted by Gasteiger charge is -2.14. The zero-order valence-corrected chi connectivity index (χ0v) is 11.3. The first kappa shape index (κ1) is 14.0. The quantitative estimate of drug-likeness (QED) is 0.870. The lowest BCUT2D eigenvalue weighted by Crippen LogP contribution is -2.04. The van der Waals surface area contributed by atoms with Gasteiger partial charge in [-0.2, -0.15) is 0 Å². The van der Waals surface area contributed by atoms with Crippen LogP contribution in [0.15, 0.2) is 30.3 Å². The van der Waals surface area contributed by atoms with E-state index in [4.69, 9.17) is 11.6 Å². The van der Waals surface area contributed by atoms with E-state index in [0.29, 0.717) is 10.6 Å². The van der Waals surface area contributed by atoms with E-state index in [9.17, 15) is 13.9 Å². The maximum absolute atomic E-state index is 13.7. The highest BCUT2D eigenvalue weighted by Crippen LogP contribution is 2.28. The number of hydrogen-bond donors (Lipinski definition) is 1. The molecule has 2 aromatic rings. The summed E-state index contributed by atoms with van der Waals surface area (Å²) in [6.45, 7) is 3.35. The Kier molecular flexibility index (Phi) is 3.88. The first-order valence-corrected chi connectivity index (χ1v) is 6.17. The maximum Gasteiger partial charge on any atom is 0.132 e. The van der Waals surface area contributed by atoms with E-state index in [0.717, 1.165) is 11.6 Å². The first-order chi connectivity index (χ1) is 8.88. The molecule has 2 aromatic carbocycles. The van der Waals surface area contributed by atoms with Gasteiger partial charge in [0.2, 0.25) is 0 Å². The van der Waals surface area contributed by atoms with Gasteiger partial charge in [-0.3, -0.25) is 0 Å². The minimum atomic E-state index is -1.17. The van der Waals surface area contributed by atoms with Crippen LogP contribution in [0, 0.1) is 25.5 Å². The van der Waals surface area contributed by atoms with Crippen molar-refractivity contribution in [1.82, 2.24) is 0 Å². The standard InChI is InChI=1S/C15H13ClF2O/c1-8-3-10(6-11(16)4-8)15(19)12-5-9(2)13(17)7-14(12)18/h3-7,15,19H,1-2H3. The second-order valence-electron chi connectivity index (χ2n) is 4.59. The van der Waals surface area contributed by atoms with Gasteiger partial charge in [-0.05, 0) is 48.7 Å². The number of aliphatic hydroxyl groups excluding tert-OH is 1. The van der Waals surface area contributed by atoms with Gasteiger partial charge in [0.15, 0.2) is 0 Å². The van der Waals surface area contributed by atoms with Gasteiger partial charge in [0.05, 0.1) is 0 Å². The van der Waals surface area contributed by atoms with Gasteiger partial charge in [0.25, 0.3) is 0 Å². The van der Waals surface area contributed by atoms with Crippen molar-refractivity contribution in [1.29, 1.82) is 0 Å². The molecular weight excluding hydrogens is 270 g/mol. The van der Waals surface area contributed by atoms with Crippen LogP contribution in [0.3, 0.4) is 0 Å². The minimum Gasteiger partial charge on any atom is -0.384 e. The predicted molar refractivity (Wildman–Crippen MR) is 71.3 cm³/mol. The van der Waals surface area contributed by atoms with Crippen LogP contribution >= 0.6 is 11.6 Å². The van der Waals surface area contributed by atoms with E-state index in [1.807, 2.05) is 6.92 Å². The van der Waals surface area contributed by atoms with Crippen LogP contribution in [0.25, 0.3) is 0 Å². The monoisotopic (exact) mass is 282 g/mol. The van der Waals surface area contributed by atoms with E-state index < -0.39 is 17.7 Å². The number of aliphatic hydroxyl groups is 1. The molecule has 19 heavy (non-hydrogen) atoms. The summed E-state index contributed by atoms with van der Waals surface area (Å²) >= 11 is 5.91. The SMILES string of the molecule is Cc1cc(Cl)cc(C(O)c2cc(C)c(F)cc2F)c1. The lowest BCUT2D eigenvalue weighted by atomic mass is 9.98. The number of benzene rings is 2. The van der Waals surface area contributed by atoms with Gasteiger partial charge in [0, 0.05) is 16.7 Å². The molecule has 0 aromatic heterocycles. The van der Waals surface area contributed by atoms with Crippen molar-refractivity contribution < 1.29 is 13.9 Å². The van der Waals surface area contributed by atoms with Crippen LogP contribution in [-0.2, 0) is 0 Å². The minimum absolute atomic E-state index is 0.0422. The predicted octanol–water partition coefficient (Wildman–Crippen LogP) is 4.32. The molecule has 1 atom stereocenters. The average molecular weight is 283 g/mol. The molecule has 2 rings (SSSR count). The van der Waals surface area contributed by atoms with Gasteiger partial charge in [-0.15, -0.1) is 0 Å². The van der Waals surface area contributed by atoms with Crippen LogP contribution in [0.1, 0.15) is 28.4 Å². The highest BCUT2D eigenvalue weighted by Gasteiger charge is 2.17. The van der Waals surface area contributed by atoms with Crippen molar-refractivity contribution in [3.63, 3.8) is 0 Å². The molecule has 0 radical (unpaired) electrons. The lowest BCUT2D eigenvalue weighted by molar-refractivity contribution is 0.214. The molecule has 0 amide bonds. The van der Waals surface area contributed by atoms with E-state index in [1.165, 1.54) is 13.0 Å². The molecule has 0 aliphatic rings. The summed E-state index contributed by atoms with van der Waals surface area (Å²) < 4.78 is 26.9. The fourth-order valence-electron chi connectivity index (χ4n) is 1.99. The highest BCUT2D eigenvalue weighted by atomic mass is 35.5. The molecule has 0 saturated heterocycles. The third-order valence-corrected chi connectivity index (χ3v) is 3.17. The molecule has 0 aliphatic carbocycles. The summed E-state index contributed by atoms with van der Waals surface area (Å²) in [5.74, 6) is -1.40. The molecule has 0 heterocycles. The van der Waals surface area contributed by atoms with Gasteiger partial charge >= 0.3 is 0 Å². The molecule has 1 nitrogen and oxygen atoms in total. The molecular formula is C15H13ClF2O. The molecule has 100 valence electrons. The molecule has 1 unspecified atom stereocenters. The van der Waals surface area contributed by atoms with Crippen molar-refractivity contribution >= 4 is 11.6 Å². The highest BCUT2D eigenvalue weighted by molar-refractivity contribution is 6.30. The Hall–Kier alpha value is -1.45. The van der Waals surface area contributed by atoms with Crippen molar-refractivity contribution in [2.24, 2.45) is 0 Å². The number of hydrogen-bond acceptors (Lipinski definition) is 1. The van der Waals surface area contributed by atoms with Crippen molar-refractivity contribution in [3.05, 3.63) is 69.2 Å². The van der Waals surface area contributed by atoms with Gasteiger partial charge in [-0.1, -0.05) is 17.7 Å². The average Bonchev–Trinajstić information content (AvgIpc) is 2.31. The van der Waals surface area contributed by atoms with Crippen LogP contribution in [0.4, 0.5) is 8.78 Å². The summed E-state index contributed by atoms with van der Waals surface area (Å²) in [4.78, 5) is 0. The van der Waals surface area contributed by atoms with Gasteiger partial charge < -0.3 is 5.11 Å². The van der Waals surface area contributed by atoms with E-state index in [2.05, 4.69) is 0 Å². The third kappa shape index (κ3) is 2.94. The van der Waals surface area contributed by atoms with E-state index in [1.54, 1.807) is 18.2 Å². The van der Waals surface area contributed by atoms with E-state index >= 15 is 0 Å². The molecule has 0 fully saturated rings. The molecule has 0 bridgehead atoms. The molecule has 0 saturated carbocycles. The summed E-state index contributed by atoms with van der Waals surface area (Å²) in [5.41, 5.74) is 1.67. The Labute approximate surface area is 115 Å². The summed E-state index contributed by atoms with van der Waals surface area (Å²) in [7, 11) is 0. The normalized spacial score (nSPS) is 12.5. The van der Waals surface area contributed by atoms with Crippen LogP contribution < -0.4 is 0 Å². The third-order valence-electron chi connectivity index (χ3n) is 2.95. The second kappa shape index (κ2) is 5.27. The molecule has 0 spiro atoms. The summed E-state index contributed by atoms with van der Waals surface area (Å²) in [6, 6.07) is 7.12. The second-order valence-corrected chi connectivity index (χ2v) is 5.02. The zero-order valence-electron chi connectivity index (χ0n) is 10.5. The number of rotatable bonds is 2. The Bertz CT molecular complexity index is 606. The van der Waals surface area contributed by atoms with Gasteiger partial charge in [0.1, 0.15) is 17.7 Å². The Morgan fingerprint density at radius 3 is 2.32 bits per heavy atom. The Balaban J connectivity index is 2.49. The van der Waals surface area contributed by atoms with Crippen LogP contribution in [0.5, 0.6) is 0 Å². The Morgan fingerprint density at radius 2 is 1.68 bits per heavy atom. The fraction of sp³-hybridized carbons (Fsp3) is 0.200.